The van der Waals surface area contributed by atoms with Gasteiger partial charge in [0.15, 0.2) is 0 Å². The Hall–Kier alpha value is -1.24. The number of aromatic nitrogens is 2. The number of rotatable bonds is 6. The molecule has 6 heteroatoms. The smallest absolute Gasteiger partial charge is 0.216 e. The summed E-state index contributed by atoms with van der Waals surface area (Å²) in [5, 5.41) is 0. The van der Waals surface area contributed by atoms with Crippen LogP contribution in [0.25, 0.3) is 0 Å². The normalized spacial score (nSPS) is 12.8. The second-order valence-electron chi connectivity index (χ2n) is 3.59. The minimum Gasteiger partial charge on any atom is -0.481 e. The van der Waals surface area contributed by atoms with Crippen LogP contribution in [0.1, 0.15) is 25.6 Å². The van der Waals surface area contributed by atoms with Gasteiger partial charge in [-0.3, -0.25) is 5.84 Å². The fourth-order valence-electron chi connectivity index (χ4n) is 1.16. The molecule has 0 saturated heterocycles. The van der Waals surface area contributed by atoms with Crippen LogP contribution in [-0.4, -0.2) is 29.8 Å². The summed E-state index contributed by atoms with van der Waals surface area (Å²) in [5.74, 6) is 5.96. The monoisotopic (exact) mass is 226 g/mol. The van der Waals surface area contributed by atoms with Gasteiger partial charge in [0.05, 0.1) is 31.6 Å². The van der Waals surface area contributed by atoms with Crippen LogP contribution in [-0.2, 0) is 4.74 Å². The lowest BCUT2D eigenvalue weighted by Gasteiger charge is -2.17. The van der Waals surface area contributed by atoms with Crippen molar-refractivity contribution < 1.29 is 9.47 Å². The van der Waals surface area contributed by atoms with Gasteiger partial charge in [0, 0.05) is 6.07 Å². The largest absolute Gasteiger partial charge is 0.481 e. The van der Waals surface area contributed by atoms with Crippen LogP contribution in [0, 0.1) is 0 Å². The van der Waals surface area contributed by atoms with E-state index in [9.17, 15) is 0 Å². The maximum atomic E-state index is 5.48. The topological polar surface area (TPSA) is 82.3 Å². The van der Waals surface area contributed by atoms with Crippen molar-refractivity contribution >= 4 is 0 Å². The number of methoxy groups -OCH3 is 1. The molecule has 0 aliphatic rings. The summed E-state index contributed by atoms with van der Waals surface area (Å²) in [6.45, 7) is 4.39. The Morgan fingerprint density at radius 3 is 2.75 bits per heavy atom. The Morgan fingerprint density at radius 2 is 2.19 bits per heavy atom. The molecule has 0 aromatic carbocycles. The lowest BCUT2D eigenvalue weighted by atomic mass is 10.2. The summed E-state index contributed by atoms with van der Waals surface area (Å²) in [6, 6.07) is 1.56. The van der Waals surface area contributed by atoms with E-state index in [0.29, 0.717) is 12.5 Å². The van der Waals surface area contributed by atoms with E-state index in [-0.39, 0.29) is 12.1 Å². The summed E-state index contributed by atoms with van der Waals surface area (Å²) in [5.41, 5.74) is 3.40. The van der Waals surface area contributed by atoms with Crippen LogP contribution < -0.4 is 16.0 Å². The summed E-state index contributed by atoms with van der Waals surface area (Å²) in [6.07, 6.45) is 1.59. The zero-order valence-corrected chi connectivity index (χ0v) is 9.80. The molecule has 3 N–H and O–H groups in total. The van der Waals surface area contributed by atoms with Crippen molar-refractivity contribution in [1.29, 1.82) is 0 Å². The zero-order chi connectivity index (χ0) is 12.0. The molecule has 0 fully saturated rings. The molecule has 0 spiro atoms. The predicted molar refractivity (Wildman–Crippen MR) is 59.7 cm³/mol. The summed E-state index contributed by atoms with van der Waals surface area (Å²) >= 11 is 0. The molecule has 1 rings (SSSR count). The minimum atomic E-state index is -0.167. The van der Waals surface area contributed by atoms with Crippen LogP contribution in [0.15, 0.2) is 12.4 Å². The van der Waals surface area contributed by atoms with Gasteiger partial charge in [-0.05, 0) is 13.8 Å². The van der Waals surface area contributed by atoms with Gasteiger partial charge in [0.2, 0.25) is 5.88 Å². The van der Waals surface area contributed by atoms with Gasteiger partial charge in [-0.15, -0.1) is 0 Å². The third-order valence-electron chi connectivity index (χ3n) is 2.03. The number of hydrogen-bond donors (Lipinski definition) is 2. The van der Waals surface area contributed by atoms with Crippen molar-refractivity contribution in [1.82, 2.24) is 15.4 Å². The zero-order valence-electron chi connectivity index (χ0n) is 9.80. The summed E-state index contributed by atoms with van der Waals surface area (Å²) < 4.78 is 10.5. The first-order valence-electron chi connectivity index (χ1n) is 5.11. The Kier molecular flexibility index (Phi) is 5.10. The van der Waals surface area contributed by atoms with Crippen LogP contribution in [0.3, 0.4) is 0 Å². The van der Waals surface area contributed by atoms with E-state index < -0.39 is 0 Å². The van der Waals surface area contributed by atoms with E-state index in [1.165, 1.54) is 6.33 Å². The van der Waals surface area contributed by atoms with Gasteiger partial charge < -0.3 is 9.47 Å². The van der Waals surface area contributed by atoms with E-state index in [4.69, 9.17) is 15.3 Å². The van der Waals surface area contributed by atoms with Crippen LogP contribution in [0.5, 0.6) is 5.88 Å². The highest BCUT2D eigenvalue weighted by Crippen LogP contribution is 2.14. The first kappa shape index (κ1) is 12.8. The Labute approximate surface area is 95.1 Å². The Balaban J connectivity index is 2.70. The highest BCUT2D eigenvalue weighted by molar-refractivity contribution is 5.16. The van der Waals surface area contributed by atoms with E-state index in [2.05, 4.69) is 15.4 Å². The number of nitrogens with one attached hydrogen (secondary N) is 1. The van der Waals surface area contributed by atoms with Gasteiger partial charge in [-0.2, -0.15) is 0 Å². The average Bonchev–Trinajstić information content (AvgIpc) is 2.30. The molecule has 0 aliphatic heterocycles. The molecule has 0 aliphatic carbocycles. The molecular weight excluding hydrogens is 208 g/mol. The van der Waals surface area contributed by atoms with Gasteiger partial charge in [-0.1, -0.05) is 0 Å². The number of nitrogens with zero attached hydrogens (tertiary/aromatic N) is 2. The molecule has 1 aromatic heterocycles. The average molecular weight is 226 g/mol. The molecule has 0 radical (unpaired) electrons. The van der Waals surface area contributed by atoms with E-state index in [1.807, 2.05) is 13.8 Å². The lowest BCUT2D eigenvalue weighted by molar-refractivity contribution is 0.0603. The van der Waals surface area contributed by atoms with Crippen LogP contribution in [0.2, 0.25) is 0 Å². The predicted octanol–water partition coefficient (Wildman–Crippen LogP) is 0.415. The van der Waals surface area contributed by atoms with Crippen LogP contribution >= 0.6 is 0 Å². The maximum Gasteiger partial charge on any atom is 0.216 e. The molecule has 16 heavy (non-hydrogen) atoms. The van der Waals surface area contributed by atoms with E-state index in [1.54, 1.807) is 13.2 Å². The summed E-state index contributed by atoms with van der Waals surface area (Å²) in [4.78, 5) is 8.05. The number of ether oxygens (including phenoxy) is 2. The third kappa shape index (κ3) is 3.73. The molecule has 6 nitrogen and oxygen atoms in total. The number of nitrogens with two attached hydrogens (primary N) is 1. The van der Waals surface area contributed by atoms with Crippen molar-refractivity contribution in [2.45, 2.75) is 26.0 Å². The molecule has 1 aromatic rings. The van der Waals surface area contributed by atoms with Gasteiger partial charge in [0.25, 0.3) is 0 Å². The lowest BCUT2D eigenvalue weighted by Crippen LogP contribution is -2.32. The Bertz CT molecular complexity index is 319. The third-order valence-corrected chi connectivity index (χ3v) is 2.03. The van der Waals surface area contributed by atoms with Crippen LogP contribution in [0.4, 0.5) is 0 Å². The second-order valence-corrected chi connectivity index (χ2v) is 3.59. The molecule has 1 atom stereocenters. The van der Waals surface area contributed by atoms with Crippen molar-refractivity contribution in [2.24, 2.45) is 5.84 Å². The molecule has 1 heterocycles. The number of hydrazine groups is 1. The van der Waals surface area contributed by atoms with Crippen molar-refractivity contribution in [2.75, 3.05) is 13.7 Å². The highest BCUT2D eigenvalue weighted by atomic mass is 16.5. The fourth-order valence-corrected chi connectivity index (χ4v) is 1.16. The van der Waals surface area contributed by atoms with Gasteiger partial charge in [0.1, 0.15) is 6.33 Å². The summed E-state index contributed by atoms with van der Waals surface area (Å²) in [7, 11) is 1.56. The second kappa shape index (κ2) is 6.37. The molecule has 90 valence electrons. The standard InChI is InChI=1S/C10H18N4O2/c1-7(2)16-5-9(14-11)8-4-10(15-3)13-6-12-8/h4,6-7,9,14H,5,11H2,1-3H3. The Morgan fingerprint density at radius 1 is 1.44 bits per heavy atom. The molecular formula is C10H18N4O2. The molecule has 0 bridgehead atoms. The molecule has 1 unspecified atom stereocenters. The van der Waals surface area contributed by atoms with E-state index in [0.717, 1.165) is 5.69 Å². The minimum absolute atomic E-state index is 0.152. The van der Waals surface area contributed by atoms with E-state index >= 15 is 0 Å². The van der Waals surface area contributed by atoms with Crippen molar-refractivity contribution in [3.63, 3.8) is 0 Å². The molecule has 0 saturated carbocycles. The SMILES string of the molecule is COc1cc(C(COC(C)C)NN)ncn1. The molecule has 0 amide bonds. The highest BCUT2D eigenvalue weighted by Gasteiger charge is 2.13. The quantitative estimate of drug-likeness (QED) is 0.540. The number of hydrogen-bond acceptors (Lipinski definition) is 6. The van der Waals surface area contributed by atoms with Crippen molar-refractivity contribution in [3.8, 4) is 5.88 Å². The van der Waals surface area contributed by atoms with Crippen molar-refractivity contribution in [3.05, 3.63) is 18.1 Å². The first-order chi connectivity index (χ1) is 7.67. The van der Waals surface area contributed by atoms with Gasteiger partial charge in [-0.25, -0.2) is 15.4 Å². The van der Waals surface area contributed by atoms with Gasteiger partial charge >= 0.3 is 0 Å². The maximum absolute atomic E-state index is 5.48. The fraction of sp³-hybridized carbons (Fsp3) is 0.600. The first-order valence-corrected chi connectivity index (χ1v) is 5.11.